The van der Waals surface area contributed by atoms with Gasteiger partial charge in [-0.3, -0.25) is 10.3 Å². The summed E-state index contributed by atoms with van der Waals surface area (Å²) in [6.45, 7) is 1.78. The van der Waals surface area contributed by atoms with Gasteiger partial charge in [0.1, 0.15) is 11.6 Å². The Morgan fingerprint density at radius 3 is 2.44 bits per heavy atom. The van der Waals surface area contributed by atoms with Crippen LogP contribution in [-0.4, -0.2) is 47.1 Å². The SMILES string of the molecule is CN(C(=O)Nc1cnc(-c2cc(F)cc(F)c2)cn1)C1CCNCC1. The highest BCUT2D eigenvalue weighted by Gasteiger charge is 2.22. The minimum atomic E-state index is -0.683. The smallest absolute Gasteiger partial charge is 0.323 e. The van der Waals surface area contributed by atoms with Crippen LogP contribution in [0, 0.1) is 11.6 Å². The van der Waals surface area contributed by atoms with Crippen molar-refractivity contribution in [3.8, 4) is 11.3 Å². The van der Waals surface area contributed by atoms with Crippen LogP contribution in [0.2, 0.25) is 0 Å². The lowest BCUT2D eigenvalue weighted by atomic mass is 10.1. The molecule has 8 heteroatoms. The van der Waals surface area contributed by atoms with Gasteiger partial charge in [-0.15, -0.1) is 0 Å². The van der Waals surface area contributed by atoms with Crippen LogP contribution in [-0.2, 0) is 0 Å². The molecule has 0 radical (unpaired) electrons. The molecule has 3 rings (SSSR count). The zero-order valence-corrected chi connectivity index (χ0v) is 13.8. The van der Waals surface area contributed by atoms with Crippen LogP contribution < -0.4 is 10.6 Å². The molecule has 1 aromatic carbocycles. The van der Waals surface area contributed by atoms with Crippen molar-refractivity contribution in [2.75, 3.05) is 25.5 Å². The highest BCUT2D eigenvalue weighted by molar-refractivity contribution is 5.88. The number of rotatable bonds is 3. The highest BCUT2D eigenvalue weighted by atomic mass is 19.1. The summed E-state index contributed by atoms with van der Waals surface area (Å²) in [5.41, 5.74) is 0.609. The zero-order chi connectivity index (χ0) is 17.8. The second kappa shape index (κ2) is 7.52. The minimum absolute atomic E-state index is 0.184. The second-order valence-electron chi connectivity index (χ2n) is 5.97. The number of anilines is 1. The average molecular weight is 347 g/mol. The fourth-order valence-electron chi connectivity index (χ4n) is 2.80. The Bertz CT molecular complexity index is 727. The maximum atomic E-state index is 13.3. The molecule has 1 aliphatic rings. The first kappa shape index (κ1) is 17.2. The summed E-state index contributed by atoms with van der Waals surface area (Å²) < 4.78 is 26.6. The van der Waals surface area contributed by atoms with Crippen LogP contribution in [0.5, 0.6) is 0 Å². The number of benzene rings is 1. The summed E-state index contributed by atoms with van der Waals surface area (Å²) in [5.74, 6) is -1.08. The number of carbonyl (C=O) groups excluding carboxylic acids is 1. The van der Waals surface area contributed by atoms with Gasteiger partial charge in [-0.05, 0) is 38.1 Å². The van der Waals surface area contributed by atoms with E-state index in [1.54, 1.807) is 11.9 Å². The molecular formula is C17H19F2N5O. The lowest BCUT2D eigenvalue weighted by Gasteiger charge is -2.31. The Hall–Kier alpha value is -2.61. The molecule has 1 aliphatic heterocycles. The van der Waals surface area contributed by atoms with Gasteiger partial charge in [0.05, 0.1) is 18.1 Å². The van der Waals surface area contributed by atoms with Gasteiger partial charge < -0.3 is 10.2 Å². The van der Waals surface area contributed by atoms with E-state index in [-0.39, 0.29) is 23.5 Å². The molecule has 0 saturated carbocycles. The summed E-state index contributed by atoms with van der Waals surface area (Å²) >= 11 is 0. The van der Waals surface area contributed by atoms with Crippen molar-refractivity contribution >= 4 is 11.8 Å². The van der Waals surface area contributed by atoms with Gasteiger partial charge >= 0.3 is 6.03 Å². The van der Waals surface area contributed by atoms with E-state index in [0.717, 1.165) is 32.0 Å². The summed E-state index contributed by atoms with van der Waals surface area (Å²) in [6, 6.07) is 3.07. The normalized spacial score (nSPS) is 15.0. The number of piperidine rings is 1. The van der Waals surface area contributed by atoms with Crippen LogP contribution in [0.3, 0.4) is 0 Å². The van der Waals surface area contributed by atoms with Crippen molar-refractivity contribution in [2.24, 2.45) is 0 Å². The van der Waals surface area contributed by atoms with Gasteiger partial charge in [0.15, 0.2) is 5.82 Å². The van der Waals surface area contributed by atoms with Crippen molar-refractivity contribution in [1.82, 2.24) is 20.2 Å². The molecule has 132 valence electrons. The maximum Gasteiger partial charge on any atom is 0.323 e. The second-order valence-corrected chi connectivity index (χ2v) is 5.97. The standard InChI is InChI=1S/C17H19F2N5O/c1-24(14-2-4-20-5-3-14)17(25)23-16-10-21-15(9-22-16)11-6-12(18)8-13(19)7-11/h6-10,14,20H,2-5H2,1H3,(H,22,23,25). The Labute approximate surface area is 144 Å². The molecule has 0 unspecified atom stereocenters. The number of hydrogen-bond acceptors (Lipinski definition) is 4. The molecule has 2 aromatic rings. The van der Waals surface area contributed by atoms with Crippen molar-refractivity contribution in [3.05, 3.63) is 42.2 Å². The Balaban J connectivity index is 1.66. The van der Waals surface area contributed by atoms with E-state index < -0.39 is 11.6 Å². The fraction of sp³-hybridized carbons (Fsp3) is 0.353. The molecule has 1 aromatic heterocycles. The first-order valence-corrected chi connectivity index (χ1v) is 8.06. The van der Waals surface area contributed by atoms with Gasteiger partial charge in [0.25, 0.3) is 0 Å². The summed E-state index contributed by atoms with van der Waals surface area (Å²) in [4.78, 5) is 22.2. The molecule has 2 amide bonds. The summed E-state index contributed by atoms with van der Waals surface area (Å²) in [5, 5.41) is 5.94. The van der Waals surface area contributed by atoms with Crippen LogP contribution in [0.1, 0.15) is 12.8 Å². The molecule has 2 N–H and O–H groups in total. The number of aromatic nitrogens is 2. The van der Waals surface area contributed by atoms with E-state index in [0.29, 0.717) is 5.69 Å². The van der Waals surface area contributed by atoms with E-state index >= 15 is 0 Å². The van der Waals surface area contributed by atoms with Crippen molar-refractivity contribution in [1.29, 1.82) is 0 Å². The summed E-state index contributed by atoms with van der Waals surface area (Å²) in [7, 11) is 1.75. The number of urea groups is 1. The molecule has 0 atom stereocenters. The van der Waals surface area contributed by atoms with E-state index in [1.807, 2.05) is 0 Å². The van der Waals surface area contributed by atoms with Crippen LogP contribution in [0.25, 0.3) is 11.3 Å². The average Bonchev–Trinajstić information content (AvgIpc) is 2.61. The number of amides is 2. The monoisotopic (exact) mass is 347 g/mol. The first-order valence-electron chi connectivity index (χ1n) is 8.06. The van der Waals surface area contributed by atoms with Crippen molar-refractivity contribution < 1.29 is 13.6 Å². The Morgan fingerprint density at radius 1 is 1.16 bits per heavy atom. The number of halogens is 2. The third-order valence-electron chi connectivity index (χ3n) is 4.22. The predicted molar refractivity (Wildman–Crippen MR) is 90.1 cm³/mol. The van der Waals surface area contributed by atoms with Gasteiger partial charge in [-0.1, -0.05) is 0 Å². The van der Waals surface area contributed by atoms with E-state index in [1.165, 1.54) is 24.5 Å². The molecule has 6 nitrogen and oxygen atoms in total. The Kier molecular flexibility index (Phi) is 5.18. The lowest BCUT2D eigenvalue weighted by Crippen LogP contribution is -2.45. The van der Waals surface area contributed by atoms with Crippen LogP contribution in [0.15, 0.2) is 30.6 Å². The van der Waals surface area contributed by atoms with Crippen LogP contribution in [0.4, 0.5) is 19.4 Å². The van der Waals surface area contributed by atoms with Gasteiger partial charge in [-0.2, -0.15) is 0 Å². The third kappa shape index (κ3) is 4.27. The molecule has 1 saturated heterocycles. The maximum absolute atomic E-state index is 13.3. The zero-order valence-electron chi connectivity index (χ0n) is 13.8. The quantitative estimate of drug-likeness (QED) is 0.896. The van der Waals surface area contributed by atoms with Crippen molar-refractivity contribution in [2.45, 2.75) is 18.9 Å². The lowest BCUT2D eigenvalue weighted by molar-refractivity contribution is 0.189. The van der Waals surface area contributed by atoms with Gasteiger partial charge in [0.2, 0.25) is 0 Å². The molecule has 0 spiro atoms. The largest absolute Gasteiger partial charge is 0.324 e. The number of nitrogens with one attached hydrogen (secondary N) is 2. The summed E-state index contributed by atoms with van der Waals surface area (Å²) in [6.07, 6.45) is 4.54. The van der Waals surface area contributed by atoms with Crippen LogP contribution >= 0.6 is 0 Å². The van der Waals surface area contributed by atoms with Crippen molar-refractivity contribution in [3.63, 3.8) is 0 Å². The predicted octanol–water partition coefficient (Wildman–Crippen LogP) is 2.64. The molecule has 0 bridgehead atoms. The molecule has 25 heavy (non-hydrogen) atoms. The molecule has 0 aliphatic carbocycles. The highest BCUT2D eigenvalue weighted by Crippen LogP contribution is 2.20. The first-order chi connectivity index (χ1) is 12.0. The van der Waals surface area contributed by atoms with E-state index in [2.05, 4.69) is 20.6 Å². The van der Waals surface area contributed by atoms with Gasteiger partial charge in [-0.25, -0.2) is 18.6 Å². The minimum Gasteiger partial charge on any atom is -0.324 e. The van der Waals surface area contributed by atoms with Gasteiger partial charge in [0, 0.05) is 24.7 Å². The molecule has 1 fully saturated rings. The van der Waals surface area contributed by atoms with E-state index in [9.17, 15) is 13.6 Å². The number of hydrogen-bond donors (Lipinski definition) is 2. The number of nitrogens with zero attached hydrogens (tertiary/aromatic N) is 3. The topological polar surface area (TPSA) is 70.2 Å². The Morgan fingerprint density at radius 2 is 1.84 bits per heavy atom. The molecule has 2 heterocycles. The third-order valence-corrected chi connectivity index (χ3v) is 4.22. The van der Waals surface area contributed by atoms with E-state index in [4.69, 9.17) is 0 Å². The fourth-order valence-corrected chi connectivity index (χ4v) is 2.80. The molecular weight excluding hydrogens is 328 g/mol. The number of carbonyl (C=O) groups is 1.